The molecule has 0 aliphatic heterocycles. The molecule has 132 valence electrons. The van der Waals surface area contributed by atoms with Gasteiger partial charge >= 0.3 is 0 Å². The minimum Gasteiger partial charge on any atom is -0.352 e. The number of rotatable bonds is 4. The summed E-state index contributed by atoms with van der Waals surface area (Å²) in [6.45, 7) is 5.50. The highest BCUT2D eigenvalue weighted by Gasteiger charge is 2.06. The molecule has 2 aromatic heterocycles. The summed E-state index contributed by atoms with van der Waals surface area (Å²) in [6.07, 6.45) is 1.84. The lowest BCUT2D eigenvalue weighted by molar-refractivity contribution is 0.805. The van der Waals surface area contributed by atoms with Gasteiger partial charge in [-0.3, -0.25) is 9.98 Å². The van der Waals surface area contributed by atoms with E-state index in [9.17, 15) is 0 Å². The molecular formula is C18H22IN5S. The van der Waals surface area contributed by atoms with Crippen LogP contribution in [-0.4, -0.2) is 23.0 Å². The van der Waals surface area contributed by atoms with Crippen LogP contribution in [0.3, 0.4) is 0 Å². The van der Waals surface area contributed by atoms with Crippen molar-refractivity contribution in [3.05, 3.63) is 57.7 Å². The highest BCUT2D eigenvalue weighted by Crippen LogP contribution is 2.17. The zero-order valence-electron chi connectivity index (χ0n) is 14.5. The van der Waals surface area contributed by atoms with Crippen LogP contribution in [0.4, 0.5) is 0 Å². The van der Waals surface area contributed by atoms with Gasteiger partial charge < -0.3 is 10.6 Å². The SMILES string of the molecule is CN=C(NCc1nc(C)c(C)s1)NCc1ccnc2ccccc12.I. The zero-order valence-corrected chi connectivity index (χ0v) is 17.7. The Labute approximate surface area is 169 Å². The molecule has 0 radical (unpaired) electrons. The molecule has 0 saturated carbocycles. The number of aromatic nitrogens is 2. The van der Waals surface area contributed by atoms with Gasteiger partial charge in [-0.1, -0.05) is 18.2 Å². The maximum Gasteiger partial charge on any atom is 0.191 e. The quantitative estimate of drug-likeness (QED) is 0.348. The van der Waals surface area contributed by atoms with Crippen LogP contribution in [0.2, 0.25) is 0 Å². The van der Waals surface area contributed by atoms with Crippen molar-refractivity contribution in [2.24, 2.45) is 4.99 Å². The average Bonchev–Trinajstić information content (AvgIpc) is 2.93. The Hall–Kier alpha value is -1.74. The maximum atomic E-state index is 4.54. The number of aryl methyl sites for hydroxylation is 2. The van der Waals surface area contributed by atoms with Crippen LogP contribution < -0.4 is 10.6 Å². The van der Waals surface area contributed by atoms with Crippen molar-refractivity contribution in [2.45, 2.75) is 26.9 Å². The lowest BCUT2D eigenvalue weighted by atomic mass is 10.1. The van der Waals surface area contributed by atoms with Crippen LogP contribution in [0, 0.1) is 13.8 Å². The summed E-state index contributed by atoms with van der Waals surface area (Å²) in [4.78, 5) is 14.5. The summed E-state index contributed by atoms with van der Waals surface area (Å²) in [5, 5.41) is 8.91. The number of guanidine groups is 1. The molecule has 7 heteroatoms. The molecular weight excluding hydrogens is 445 g/mol. The van der Waals surface area contributed by atoms with Gasteiger partial charge in [-0.05, 0) is 31.5 Å². The fourth-order valence-electron chi connectivity index (χ4n) is 2.48. The molecule has 0 spiro atoms. The molecule has 0 atom stereocenters. The molecule has 0 unspecified atom stereocenters. The first-order valence-corrected chi connectivity index (χ1v) is 8.69. The summed E-state index contributed by atoms with van der Waals surface area (Å²) in [5.41, 5.74) is 3.31. The predicted molar refractivity (Wildman–Crippen MR) is 116 cm³/mol. The van der Waals surface area contributed by atoms with E-state index in [1.165, 1.54) is 10.4 Å². The molecule has 5 nitrogen and oxygen atoms in total. The van der Waals surface area contributed by atoms with Gasteiger partial charge in [0.05, 0.1) is 17.8 Å². The smallest absolute Gasteiger partial charge is 0.191 e. The monoisotopic (exact) mass is 467 g/mol. The normalized spacial score (nSPS) is 11.2. The van der Waals surface area contributed by atoms with Gasteiger partial charge in [-0.2, -0.15) is 0 Å². The minimum absolute atomic E-state index is 0. The average molecular weight is 467 g/mol. The Bertz CT molecular complexity index is 850. The van der Waals surface area contributed by atoms with Gasteiger partial charge in [0.25, 0.3) is 0 Å². The van der Waals surface area contributed by atoms with Crippen LogP contribution in [0.1, 0.15) is 21.1 Å². The third kappa shape index (κ3) is 4.88. The molecule has 0 aliphatic carbocycles. The Morgan fingerprint density at radius 2 is 1.88 bits per heavy atom. The van der Waals surface area contributed by atoms with E-state index in [0.29, 0.717) is 13.1 Å². The number of hydrogen-bond acceptors (Lipinski definition) is 4. The Morgan fingerprint density at radius 3 is 2.60 bits per heavy atom. The zero-order chi connectivity index (χ0) is 16.9. The predicted octanol–water partition coefficient (Wildman–Crippen LogP) is 3.79. The summed E-state index contributed by atoms with van der Waals surface area (Å²) in [7, 11) is 1.78. The van der Waals surface area contributed by atoms with Crippen molar-refractivity contribution < 1.29 is 0 Å². The molecule has 1 aromatic carbocycles. The van der Waals surface area contributed by atoms with Crippen molar-refractivity contribution in [1.82, 2.24) is 20.6 Å². The van der Waals surface area contributed by atoms with E-state index in [1.54, 1.807) is 18.4 Å². The third-order valence-electron chi connectivity index (χ3n) is 3.89. The molecule has 0 aliphatic rings. The lowest BCUT2D eigenvalue weighted by Gasteiger charge is -2.12. The van der Waals surface area contributed by atoms with Crippen LogP contribution in [0.5, 0.6) is 0 Å². The number of hydrogen-bond donors (Lipinski definition) is 2. The number of pyridine rings is 1. The van der Waals surface area contributed by atoms with Crippen LogP contribution in [-0.2, 0) is 13.1 Å². The van der Waals surface area contributed by atoms with E-state index in [1.807, 2.05) is 37.4 Å². The Balaban J connectivity index is 0.00000225. The molecule has 0 fully saturated rings. The maximum absolute atomic E-state index is 4.54. The second-order valence-corrected chi connectivity index (χ2v) is 6.80. The van der Waals surface area contributed by atoms with Crippen molar-refractivity contribution in [2.75, 3.05) is 7.05 Å². The van der Waals surface area contributed by atoms with Crippen molar-refractivity contribution in [3.63, 3.8) is 0 Å². The topological polar surface area (TPSA) is 62.2 Å². The van der Waals surface area contributed by atoms with E-state index >= 15 is 0 Å². The van der Waals surface area contributed by atoms with E-state index in [4.69, 9.17) is 0 Å². The van der Waals surface area contributed by atoms with Crippen LogP contribution in [0.25, 0.3) is 10.9 Å². The standard InChI is InChI=1S/C18H21N5S.HI/c1-12-13(2)24-17(23-12)11-22-18(19-3)21-10-14-8-9-20-16-7-5-4-6-15(14)16;/h4-9H,10-11H2,1-3H3,(H2,19,21,22);1H. The number of aliphatic imine (C=N–C) groups is 1. The summed E-state index contributed by atoms with van der Waals surface area (Å²) >= 11 is 1.72. The Morgan fingerprint density at radius 1 is 1.12 bits per heavy atom. The number of para-hydroxylation sites is 1. The molecule has 3 rings (SSSR count). The molecule has 2 heterocycles. The lowest BCUT2D eigenvalue weighted by Crippen LogP contribution is -2.36. The van der Waals surface area contributed by atoms with E-state index in [0.717, 1.165) is 27.6 Å². The highest BCUT2D eigenvalue weighted by molar-refractivity contribution is 14.0. The summed E-state index contributed by atoms with van der Waals surface area (Å²) in [5.74, 6) is 0.765. The first-order valence-electron chi connectivity index (χ1n) is 7.87. The fraction of sp³-hybridized carbons (Fsp3) is 0.278. The molecule has 0 bridgehead atoms. The van der Waals surface area contributed by atoms with Gasteiger partial charge in [0.1, 0.15) is 5.01 Å². The number of thiazole rings is 1. The number of fused-ring (bicyclic) bond motifs is 1. The molecule has 25 heavy (non-hydrogen) atoms. The van der Waals surface area contributed by atoms with E-state index < -0.39 is 0 Å². The minimum atomic E-state index is 0. The summed E-state index contributed by atoms with van der Waals surface area (Å²) < 4.78 is 0. The Kier molecular flexibility index (Phi) is 7.12. The highest BCUT2D eigenvalue weighted by atomic mass is 127. The number of nitrogens with one attached hydrogen (secondary N) is 2. The van der Waals surface area contributed by atoms with Crippen LogP contribution >= 0.6 is 35.3 Å². The third-order valence-corrected chi connectivity index (χ3v) is 4.96. The van der Waals surface area contributed by atoms with Crippen molar-refractivity contribution >= 4 is 52.2 Å². The number of benzene rings is 1. The van der Waals surface area contributed by atoms with E-state index in [-0.39, 0.29) is 24.0 Å². The first kappa shape index (κ1) is 19.6. The molecule has 2 N–H and O–H groups in total. The van der Waals surface area contributed by atoms with Crippen molar-refractivity contribution in [3.8, 4) is 0 Å². The first-order chi connectivity index (χ1) is 11.7. The van der Waals surface area contributed by atoms with Gasteiger partial charge in [-0.25, -0.2) is 4.98 Å². The second kappa shape index (κ2) is 9.10. The van der Waals surface area contributed by atoms with Gasteiger partial charge in [-0.15, -0.1) is 35.3 Å². The van der Waals surface area contributed by atoms with Gasteiger partial charge in [0.2, 0.25) is 0 Å². The van der Waals surface area contributed by atoms with Gasteiger partial charge in [0, 0.05) is 30.1 Å². The largest absolute Gasteiger partial charge is 0.352 e. The fourth-order valence-corrected chi connectivity index (χ4v) is 3.36. The van der Waals surface area contributed by atoms with Gasteiger partial charge in [0.15, 0.2) is 5.96 Å². The van der Waals surface area contributed by atoms with Crippen LogP contribution in [0.15, 0.2) is 41.5 Å². The number of nitrogens with zero attached hydrogens (tertiary/aromatic N) is 3. The molecule has 0 saturated heterocycles. The van der Waals surface area contributed by atoms with E-state index in [2.05, 4.69) is 38.6 Å². The van der Waals surface area contributed by atoms with Crippen molar-refractivity contribution in [1.29, 1.82) is 0 Å². The molecule has 0 amide bonds. The summed E-state index contributed by atoms with van der Waals surface area (Å²) in [6, 6.07) is 10.2. The second-order valence-electron chi connectivity index (χ2n) is 5.52. The molecule has 3 aromatic rings. The number of halogens is 1.